The van der Waals surface area contributed by atoms with Crippen LogP contribution in [0.4, 0.5) is 5.69 Å². The molecule has 0 aliphatic carbocycles. The SMILES string of the molecule is C[C@@H](Sc1cc(C#N)ccn1)C(=O)N1CCCc2ccccc21. The van der Waals surface area contributed by atoms with Crippen LogP contribution in [0.15, 0.2) is 47.6 Å². The van der Waals surface area contributed by atoms with Crippen LogP contribution >= 0.6 is 11.8 Å². The van der Waals surface area contributed by atoms with E-state index < -0.39 is 0 Å². The Morgan fingerprint density at radius 3 is 3.04 bits per heavy atom. The molecular weight excluding hydrogens is 306 g/mol. The summed E-state index contributed by atoms with van der Waals surface area (Å²) in [5, 5.41) is 9.41. The van der Waals surface area contributed by atoms with Gasteiger partial charge in [-0.2, -0.15) is 5.26 Å². The van der Waals surface area contributed by atoms with E-state index in [1.807, 2.05) is 30.0 Å². The van der Waals surface area contributed by atoms with Gasteiger partial charge < -0.3 is 4.90 Å². The zero-order valence-corrected chi connectivity index (χ0v) is 13.7. The highest BCUT2D eigenvalue weighted by Gasteiger charge is 2.26. The van der Waals surface area contributed by atoms with Crippen LogP contribution in [0.3, 0.4) is 0 Å². The second-order valence-electron chi connectivity index (χ2n) is 5.48. The first-order valence-corrected chi connectivity index (χ1v) is 8.49. The fourth-order valence-electron chi connectivity index (χ4n) is 2.76. The van der Waals surface area contributed by atoms with Crippen molar-refractivity contribution in [2.24, 2.45) is 0 Å². The number of thioether (sulfide) groups is 1. The molecule has 0 unspecified atom stereocenters. The number of nitriles is 1. The standard InChI is InChI=1S/C18H17N3OS/c1-13(23-17-11-14(12-19)8-9-20-17)18(22)21-10-4-6-15-5-2-3-7-16(15)21/h2-3,5,7-9,11,13H,4,6,10H2,1H3/t13-/m1/s1. The van der Waals surface area contributed by atoms with E-state index in [9.17, 15) is 4.79 Å². The molecule has 116 valence electrons. The molecule has 1 aliphatic heterocycles. The number of pyridine rings is 1. The van der Waals surface area contributed by atoms with Crippen molar-refractivity contribution in [3.63, 3.8) is 0 Å². The number of para-hydroxylation sites is 1. The van der Waals surface area contributed by atoms with E-state index in [-0.39, 0.29) is 11.2 Å². The predicted octanol–water partition coefficient (Wildman–Crippen LogP) is 3.41. The molecule has 2 heterocycles. The van der Waals surface area contributed by atoms with Crippen molar-refractivity contribution >= 4 is 23.4 Å². The first-order chi connectivity index (χ1) is 11.2. The molecule has 0 N–H and O–H groups in total. The van der Waals surface area contributed by atoms with E-state index in [4.69, 9.17) is 5.26 Å². The maximum absolute atomic E-state index is 12.8. The molecule has 1 aromatic carbocycles. The predicted molar refractivity (Wildman–Crippen MR) is 91.4 cm³/mol. The van der Waals surface area contributed by atoms with Crippen molar-refractivity contribution < 1.29 is 4.79 Å². The molecular formula is C18H17N3OS. The van der Waals surface area contributed by atoms with Crippen molar-refractivity contribution in [3.05, 3.63) is 53.7 Å². The van der Waals surface area contributed by atoms with E-state index in [1.54, 1.807) is 18.3 Å². The Bertz CT molecular complexity index is 769. The van der Waals surface area contributed by atoms with E-state index in [0.29, 0.717) is 10.6 Å². The number of anilines is 1. The molecule has 4 nitrogen and oxygen atoms in total. The number of amides is 1. The smallest absolute Gasteiger partial charge is 0.240 e. The lowest BCUT2D eigenvalue weighted by molar-refractivity contribution is -0.117. The van der Waals surface area contributed by atoms with Crippen molar-refractivity contribution in [2.75, 3.05) is 11.4 Å². The number of fused-ring (bicyclic) bond motifs is 1. The van der Waals surface area contributed by atoms with Crippen LogP contribution < -0.4 is 4.90 Å². The number of aromatic nitrogens is 1. The fraction of sp³-hybridized carbons (Fsp3) is 0.278. The topological polar surface area (TPSA) is 57.0 Å². The summed E-state index contributed by atoms with van der Waals surface area (Å²) in [5.74, 6) is 0.0892. The zero-order chi connectivity index (χ0) is 16.2. The zero-order valence-electron chi connectivity index (χ0n) is 12.9. The third-order valence-electron chi connectivity index (χ3n) is 3.89. The maximum Gasteiger partial charge on any atom is 0.240 e. The van der Waals surface area contributed by atoms with Gasteiger partial charge in [0.05, 0.1) is 21.9 Å². The van der Waals surface area contributed by atoms with E-state index in [0.717, 1.165) is 25.1 Å². The molecule has 23 heavy (non-hydrogen) atoms. The summed E-state index contributed by atoms with van der Waals surface area (Å²) >= 11 is 1.40. The van der Waals surface area contributed by atoms with Gasteiger partial charge in [-0.1, -0.05) is 30.0 Å². The van der Waals surface area contributed by atoms with Crippen molar-refractivity contribution in [1.29, 1.82) is 5.26 Å². The van der Waals surface area contributed by atoms with Crippen LogP contribution in [0.5, 0.6) is 0 Å². The van der Waals surface area contributed by atoms with Crippen molar-refractivity contribution in [2.45, 2.75) is 30.0 Å². The van der Waals surface area contributed by atoms with E-state index in [2.05, 4.69) is 17.1 Å². The molecule has 0 saturated carbocycles. The average Bonchev–Trinajstić information content (AvgIpc) is 2.60. The summed E-state index contributed by atoms with van der Waals surface area (Å²) in [5.41, 5.74) is 2.81. The van der Waals surface area contributed by atoms with Crippen molar-refractivity contribution in [3.8, 4) is 6.07 Å². The van der Waals surface area contributed by atoms with Gasteiger partial charge in [-0.15, -0.1) is 0 Å². The molecule has 0 radical (unpaired) electrons. The Kier molecular flexibility index (Phi) is 4.63. The number of hydrogen-bond acceptors (Lipinski definition) is 4. The van der Waals surface area contributed by atoms with Gasteiger partial charge >= 0.3 is 0 Å². The Labute approximate surface area is 140 Å². The molecule has 0 fully saturated rings. The molecule has 1 amide bonds. The van der Waals surface area contributed by atoms with Crippen LogP contribution in [0, 0.1) is 11.3 Å². The summed E-state index contributed by atoms with van der Waals surface area (Å²) in [6, 6.07) is 13.6. The molecule has 5 heteroatoms. The fourth-order valence-corrected chi connectivity index (χ4v) is 3.66. The number of carbonyl (C=O) groups is 1. The van der Waals surface area contributed by atoms with E-state index >= 15 is 0 Å². The Hall–Kier alpha value is -2.32. The minimum absolute atomic E-state index is 0.0892. The van der Waals surface area contributed by atoms with Crippen LogP contribution in [-0.4, -0.2) is 22.7 Å². The van der Waals surface area contributed by atoms with Crippen LogP contribution in [-0.2, 0) is 11.2 Å². The second-order valence-corrected chi connectivity index (χ2v) is 6.84. The molecule has 2 aromatic rings. The van der Waals surface area contributed by atoms with Gasteiger partial charge in [-0.05, 0) is 43.5 Å². The van der Waals surface area contributed by atoms with Crippen LogP contribution in [0.1, 0.15) is 24.5 Å². The van der Waals surface area contributed by atoms with Gasteiger partial charge in [0.2, 0.25) is 5.91 Å². The highest BCUT2D eigenvalue weighted by molar-refractivity contribution is 8.00. The van der Waals surface area contributed by atoms with Crippen LogP contribution in [0.2, 0.25) is 0 Å². The van der Waals surface area contributed by atoms with Crippen LogP contribution in [0.25, 0.3) is 0 Å². The minimum Gasteiger partial charge on any atom is -0.311 e. The summed E-state index contributed by atoms with van der Waals surface area (Å²) in [7, 11) is 0. The first kappa shape index (κ1) is 15.6. The first-order valence-electron chi connectivity index (χ1n) is 7.61. The van der Waals surface area contributed by atoms with Gasteiger partial charge in [0, 0.05) is 18.4 Å². The summed E-state index contributed by atoms with van der Waals surface area (Å²) < 4.78 is 0. The molecule has 1 atom stereocenters. The normalized spacial score (nSPS) is 14.7. The lowest BCUT2D eigenvalue weighted by atomic mass is 10.0. The highest BCUT2D eigenvalue weighted by Crippen LogP contribution is 2.30. The molecule has 1 aromatic heterocycles. The monoisotopic (exact) mass is 323 g/mol. The Morgan fingerprint density at radius 2 is 2.22 bits per heavy atom. The van der Waals surface area contributed by atoms with Crippen molar-refractivity contribution in [1.82, 2.24) is 4.98 Å². The quantitative estimate of drug-likeness (QED) is 0.812. The lowest BCUT2D eigenvalue weighted by Gasteiger charge is -2.31. The number of carbonyl (C=O) groups excluding carboxylic acids is 1. The Morgan fingerprint density at radius 1 is 1.39 bits per heavy atom. The summed E-state index contributed by atoms with van der Waals surface area (Å²) in [6.07, 6.45) is 3.61. The molecule has 0 spiro atoms. The molecule has 1 aliphatic rings. The largest absolute Gasteiger partial charge is 0.311 e. The summed E-state index contributed by atoms with van der Waals surface area (Å²) in [6.45, 7) is 2.65. The molecule has 0 saturated heterocycles. The Balaban J connectivity index is 1.77. The second kappa shape index (κ2) is 6.84. The number of rotatable bonds is 3. The lowest BCUT2D eigenvalue weighted by Crippen LogP contribution is -2.40. The number of aryl methyl sites for hydroxylation is 1. The third-order valence-corrected chi connectivity index (χ3v) is 4.91. The molecule has 0 bridgehead atoms. The number of hydrogen-bond donors (Lipinski definition) is 0. The highest BCUT2D eigenvalue weighted by atomic mass is 32.2. The van der Waals surface area contributed by atoms with Gasteiger partial charge in [0.1, 0.15) is 0 Å². The van der Waals surface area contributed by atoms with Gasteiger partial charge in [0.15, 0.2) is 0 Å². The van der Waals surface area contributed by atoms with Gasteiger partial charge in [0.25, 0.3) is 0 Å². The minimum atomic E-state index is -0.248. The number of benzene rings is 1. The maximum atomic E-state index is 12.8. The van der Waals surface area contributed by atoms with Gasteiger partial charge in [-0.3, -0.25) is 4.79 Å². The average molecular weight is 323 g/mol. The van der Waals surface area contributed by atoms with E-state index in [1.165, 1.54) is 17.3 Å². The molecule has 3 rings (SSSR count). The summed E-state index contributed by atoms with van der Waals surface area (Å²) in [4.78, 5) is 19.0. The number of nitrogens with zero attached hydrogens (tertiary/aromatic N) is 3. The third kappa shape index (κ3) is 3.38. The van der Waals surface area contributed by atoms with Gasteiger partial charge in [-0.25, -0.2) is 4.98 Å².